The normalized spacial score (nSPS) is 12.6. The second kappa shape index (κ2) is 11.4. The van der Waals surface area contributed by atoms with Crippen LogP contribution in [-0.2, 0) is 24.4 Å². The fourth-order valence-corrected chi connectivity index (χ4v) is 2.22. The molecular formula is C12H21NaO7S. The number of rotatable bonds is 10. The van der Waals surface area contributed by atoms with Crippen LogP contribution in [0.3, 0.4) is 0 Å². The molecule has 21 heavy (non-hydrogen) atoms. The minimum atomic E-state index is -4.81. The Labute approximate surface area is 147 Å². The van der Waals surface area contributed by atoms with Crippen LogP contribution < -0.4 is 34.7 Å². The predicted octanol–water partition coefficient (Wildman–Crippen LogP) is -2.85. The summed E-state index contributed by atoms with van der Waals surface area (Å²) in [5.41, 5.74) is 0. The van der Waals surface area contributed by atoms with Gasteiger partial charge in [0.15, 0.2) is 5.25 Å². The van der Waals surface area contributed by atoms with Gasteiger partial charge in [-0.1, -0.05) is 33.1 Å². The van der Waals surface area contributed by atoms with Gasteiger partial charge < -0.3 is 14.6 Å². The zero-order chi connectivity index (χ0) is 15.8. The van der Waals surface area contributed by atoms with Crippen molar-refractivity contribution >= 4 is 22.1 Å². The molecule has 118 valence electrons. The van der Waals surface area contributed by atoms with Crippen LogP contribution in [0.1, 0.15) is 46.0 Å². The number of carboxylic acids is 1. The molecule has 0 bridgehead atoms. The van der Waals surface area contributed by atoms with Gasteiger partial charge >= 0.3 is 35.5 Å². The first-order valence-corrected chi connectivity index (χ1v) is 7.97. The second-order valence-corrected chi connectivity index (χ2v) is 6.59. The van der Waals surface area contributed by atoms with Crippen molar-refractivity contribution in [2.24, 2.45) is 5.92 Å². The first kappa shape index (κ1) is 23.1. The van der Waals surface area contributed by atoms with E-state index in [-0.39, 0.29) is 36.2 Å². The molecule has 0 aliphatic rings. The Morgan fingerprint density at radius 2 is 1.76 bits per heavy atom. The first-order valence-electron chi connectivity index (χ1n) is 6.47. The largest absolute Gasteiger partial charge is 1.00 e. The molecule has 1 atom stereocenters. The summed E-state index contributed by atoms with van der Waals surface area (Å²) in [6.07, 6.45) is 2.28. The third-order valence-corrected chi connectivity index (χ3v) is 3.72. The summed E-state index contributed by atoms with van der Waals surface area (Å²) < 4.78 is 35.2. The molecule has 9 heteroatoms. The summed E-state index contributed by atoms with van der Waals surface area (Å²) in [7, 11) is -4.81. The molecule has 1 N–H and O–H groups in total. The van der Waals surface area contributed by atoms with Crippen molar-refractivity contribution in [1.29, 1.82) is 0 Å². The average Bonchev–Trinajstić information content (AvgIpc) is 2.28. The number of ether oxygens (including phenoxy) is 1. The van der Waals surface area contributed by atoms with Crippen molar-refractivity contribution < 1.29 is 62.0 Å². The van der Waals surface area contributed by atoms with Crippen molar-refractivity contribution in [3.63, 3.8) is 0 Å². The van der Waals surface area contributed by atoms with E-state index in [0.29, 0.717) is 12.3 Å². The van der Waals surface area contributed by atoms with E-state index < -0.39 is 33.7 Å². The van der Waals surface area contributed by atoms with Crippen LogP contribution in [0.5, 0.6) is 0 Å². The number of carbonyl (C=O) groups excluding carboxylic acids is 2. The molecule has 0 spiro atoms. The molecule has 0 fully saturated rings. The number of hydrogen-bond donors (Lipinski definition) is 1. The van der Waals surface area contributed by atoms with Crippen LogP contribution in [0.25, 0.3) is 0 Å². The molecule has 0 aromatic carbocycles. The number of carboxylic acid groups (broad SMARTS) is 1. The van der Waals surface area contributed by atoms with Gasteiger partial charge in [-0.25, -0.2) is 0 Å². The fourth-order valence-electron chi connectivity index (χ4n) is 1.56. The van der Waals surface area contributed by atoms with Crippen LogP contribution in [0.4, 0.5) is 0 Å². The maximum absolute atomic E-state index is 11.4. The van der Waals surface area contributed by atoms with Gasteiger partial charge in [-0.15, -0.1) is 0 Å². The molecule has 0 rings (SSSR count). The van der Waals surface area contributed by atoms with Crippen LogP contribution in [0, 0.1) is 5.92 Å². The third-order valence-electron chi connectivity index (χ3n) is 2.64. The molecular weight excluding hydrogens is 311 g/mol. The summed E-state index contributed by atoms with van der Waals surface area (Å²) in [6, 6.07) is 0. The number of carbonyl (C=O) groups is 2. The Hall–Kier alpha value is -0.150. The summed E-state index contributed by atoms with van der Waals surface area (Å²) >= 11 is 0. The Bertz CT molecular complexity index is 419. The molecule has 0 saturated heterocycles. The van der Waals surface area contributed by atoms with E-state index >= 15 is 0 Å². The van der Waals surface area contributed by atoms with Gasteiger partial charge in [0, 0.05) is 12.4 Å². The quantitative estimate of drug-likeness (QED) is 0.198. The average molecular weight is 332 g/mol. The second-order valence-electron chi connectivity index (χ2n) is 4.99. The minimum Gasteiger partial charge on any atom is -0.550 e. The third kappa shape index (κ3) is 12.1. The standard InChI is InChI=1S/C12H22O7S.Na/c1-9(2)6-4-3-5-7-19-12(15)10(8-11(13)14)20(16,17)18;/h9-10H,3-8H2,1-2H3,(H,13,14)(H,16,17,18);/q;+1/p-1. The molecule has 0 amide bonds. The Morgan fingerprint density at radius 3 is 2.19 bits per heavy atom. The van der Waals surface area contributed by atoms with Gasteiger partial charge in [0.05, 0.1) is 6.61 Å². The molecule has 1 unspecified atom stereocenters. The Balaban J connectivity index is 0. The van der Waals surface area contributed by atoms with E-state index in [9.17, 15) is 23.1 Å². The Kier molecular flexibility index (Phi) is 12.6. The maximum Gasteiger partial charge on any atom is 1.00 e. The summed E-state index contributed by atoms with van der Waals surface area (Å²) in [5.74, 6) is -2.42. The van der Waals surface area contributed by atoms with Crippen LogP contribution >= 0.6 is 0 Å². The van der Waals surface area contributed by atoms with Gasteiger partial charge in [0.2, 0.25) is 0 Å². The molecule has 0 aliphatic heterocycles. The van der Waals surface area contributed by atoms with E-state index in [0.717, 1.165) is 19.3 Å². The topological polar surface area (TPSA) is 121 Å². The summed E-state index contributed by atoms with van der Waals surface area (Å²) in [5, 5.41) is 8.22. The molecule has 0 radical (unpaired) electrons. The van der Waals surface area contributed by atoms with Gasteiger partial charge in [-0.05, 0) is 12.3 Å². The smallest absolute Gasteiger partial charge is 0.550 e. The van der Waals surface area contributed by atoms with E-state index in [1.54, 1.807) is 0 Å². The number of unbranched alkanes of at least 4 members (excludes halogenated alkanes) is 2. The minimum absolute atomic E-state index is 0. The number of aliphatic carboxylic acids is 1. The van der Waals surface area contributed by atoms with E-state index in [2.05, 4.69) is 18.6 Å². The van der Waals surface area contributed by atoms with Gasteiger partial charge in [0.25, 0.3) is 10.1 Å². The number of esters is 1. The van der Waals surface area contributed by atoms with Gasteiger partial charge in [-0.2, -0.15) is 8.42 Å². The fraction of sp³-hybridized carbons (Fsp3) is 0.833. The van der Waals surface area contributed by atoms with Crippen molar-refractivity contribution in [3.8, 4) is 0 Å². The van der Waals surface area contributed by atoms with Gasteiger partial charge in [0.1, 0.15) is 0 Å². The molecule has 0 aromatic rings. The van der Waals surface area contributed by atoms with Gasteiger partial charge in [-0.3, -0.25) is 9.35 Å². The molecule has 0 heterocycles. The van der Waals surface area contributed by atoms with Crippen LogP contribution in [-0.4, -0.2) is 36.8 Å². The van der Waals surface area contributed by atoms with E-state index in [4.69, 9.17) is 4.55 Å². The molecule has 0 aromatic heterocycles. The zero-order valence-electron chi connectivity index (χ0n) is 12.7. The van der Waals surface area contributed by atoms with Crippen molar-refractivity contribution in [2.75, 3.05) is 6.61 Å². The van der Waals surface area contributed by atoms with Crippen LogP contribution in [0.2, 0.25) is 0 Å². The molecule has 0 saturated carbocycles. The van der Waals surface area contributed by atoms with E-state index in [1.165, 1.54) is 0 Å². The first-order chi connectivity index (χ1) is 9.14. The molecule has 0 aliphatic carbocycles. The van der Waals surface area contributed by atoms with Crippen LogP contribution in [0.15, 0.2) is 0 Å². The SMILES string of the molecule is CC(C)CCCCCOC(=O)C(CC(=O)[O-])S(=O)(=O)O.[Na+]. The number of hydrogen-bond acceptors (Lipinski definition) is 6. The Morgan fingerprint density at radius 1 is 1.19 bits per heavy atom. The predicted molar refractivity (Wildman–Crippen MR) is 69.2 cm³/mol. The van der Waals surface area contributed by atoms with Crippen molar-refractivity contribution in [1.82, 2.24) is 0 Å². The molecule has 7 nitrogen and oxygen atoms in total. The summed E-state index contributed by atoms with van der Waals surface area (Å²) in [4.78, 5) is 21.8. The van der Waals surface area contributed by atoms with E-state index in [1.807, 2.05) is 0 Å². The monoisotopic (exact) mass is 332 g/mol. The van der Waals surface area contributed by atoms with Crippen molar-refractivity contribution in [3.05, 3.63) is 0 Å². The maximum atomic E-state index is 11.4. The van der Waals surface area contributed by atoms with Crippen molar-refractivity contribution in [2.45, 2.75) is 51.2 Å². The zero-order valence-corrected chi connectivity index (χ0v) is 15.5. The summed E-state index contributed by atoms with van der Waals surface area (Å²) in [6.45, 7) is 4.18.